The van der Waals surface area contributed by atoms with Crippen molar-refractivity contribution in [2.75, 3.05) is 18.4 Å². The maximum atomic E-state index is 13.6. The van der Waals surface area contributed by atoms with Crippen LogP contribution in [0, 0.1) is 5.41 Å². The molecule has 0 aromatic carbocycles. The highest BCUT2D eigenvalue weighted by Crippen LogP contribution is 2.55. The molecule has 5 rings (SSSR count). The molecule has 1 atom stereocenters. The highest BCUT2D eigenvalue weighted by Gasteiger charge is 2.53. The molecular formula is C23H21F3N6O. The molecule has 3 aromatic rings. The molecule has 1 aliphatic heterocycles. The monoisotopic (exact) mass is 454 g/mol. The van der Waals surface area contributed by atoms with Crippen LogP contribution in [0.1, 0.15) is 35.3 Å². The van der Waals surface area contributed by atoms with Gasteiger partial charge in [-0.25, -0.2) is 15.0 Å². The van der Waals surface area contributed by atoms with Gasteiger partial charge < -0.3 is 10.2 Å². The summed E-state index contributed by atoms with van der Waals surface area (Å²) in [6.07, 6.45) is 4.12. The number of carbonyl (C=O) groups is 1. The average molecular weight is 454 g/mol. The number of nitrogens with zero attached hydrogens (tertiary/aromatic N) is 5. The Bertz CT molecular complexity index is 1150. The van der Waals surface area contributed by atoms with Gasteiger partial charge in [-0.05, 0) is 55.0 Å². The molecular weight excluding hydrogens is 433 g/mol. The first-order chi connectivity index (χ1) is 15.8. The molecule has 33 heavy (non-hydrogen) atoms. The number of hydrogen-bond donors (Lipinski definition) is 1. The molecule has 0 radical (unpaired) electrons. The second-order valence-electron chi connectivity index (χ2n) is 8.57. The van der Waals surface area contributed by atoms with Crippen LogP contribution in [0.4, 0.5) is 19.0 Å². The zero-order chi connectivity index (χ0) is 23.1. The summed E-state index contributed by atoms with van der Waals surface area (Å²) in [7, 11) is 0. The van der Waals surface area contributed by atoms with Crippen LogP contribution in [0.5, 0.6) is 0 Å². The van der Waals surface area contributed by atoms with Gasteiger partial charge in [0.25, 0.3) is 5.91 Å². The molecule has 2 aliphatic rings. The van der Waals surface area contributed by atoms with Gasteiger partial charge in [-0.3, -0.25) is 9.78 Å². The van der Waals surface area contributed by atoms with Crippen molar-refractivity contribution in [2.24, 2.45) is 5.41 Å². The zero-order valence-corrected chi connectivity index (χ0v) is 17.6. The van der Waals surface area contributed by atoms with Gasteiger partial charge in [0.1, 0.15) is 11.5 Å². The first-order valence-corrected chi connectivity index (χ1v) is 10.7. The Balaban J connectivity index is 1.35. The summed E-state index contributed by atoms with van der Waals surface area (Å²) in [5.41, 5.74) is 0.178. The standard InChI is InChI=1S/C23H21F3N6O/c24-23(25,26)15-4-5-18(30-12-15)31-13-16-11-22(6-7-22)14-32(16)21(33)19-17(3-1-8-27-19)20-28-9-2-10-29-20/h1-5,8-10,12,16H,6-7,11,13-14H2,(H,30,31)/t16-/m0/s1. The largest absolute Gasteiger partial charge is 0.417 e. The smallest absolute Gasteiger partial charge is 0.368 e. The first-order valence-electron chi connectivity index (χ1n) is 10.7. The number of hydrogen-bond acceptors (Lipinski definition) is 6. The molecule has 3 aromatic heterocycles. The Labute approximate surface area is 188 Å². The maximum absolute atomic E-state index is 13.6. The molecule has 1 amide bonds. The van der Waals surface area contributed by atoms with E-state index in [9.17, 15) is 18.0 Å². The molecule has 10 heteroatoms. The minimum absolute atomic E-state index is 0.119. The van der Waals surface area contributed by atoms with Gasteiger partial charge in [-0.2, -0.15) is 13.2 Å². The van der Waals surface area contributed by atoms with Crippen LogP contribution in [0.25, 0.3) is 11.4 Å². The Morgan fingerprint density at radius 1 is 1.06 bits per heavy atom. The van der Waals surface area contributed by atoms with Gasteiger partial charge in [0.2, 0.25) is 0 Å². The van der Waals surface area contributed by atoms with Crippen molar-refractivity contribution in [3.8, 4) is 11.4 Å². The number of amides is 1. The number of aromatic nitrogens is 4. The number of anilines is 1. The minimum Gasteiger partial charge on any atom is -0.368 e. The number of likely N-dealkylation sites (tertiary alicyclic amines) is 1. The summed E-state index contributed by atoms with van der Waals surface area (Å²) in [6, 6.07) is 7.39. The zero-order valence-electron chi connectivity index (χ0n) is 17.6. The van der Waals surface area contributed by atoms with Crippen molar-refractivity contribution in [1.29, 1.82) is 0 Å². The Morgan fingerprint density at radius 2 is 1.82 bits per heavy atom. The summed E-state index contributed by atoms with van der Waals surface area (Å²) in [5, 5.41) is 3.10. The molecule has 1 saturated carbocycles. The normalized spacial score (nSPS) is 19.0. The van der Waals surface area contributed by atoms with Crippen LogP contribution < -0.4 is 5.32 Å². The number of alkyl halides is 3. The van der Waals surface area contributed by atoms with E-state index < -0.39 is 11.7 Å². The Kier molecular flexibility index (Phi) is 5.22. The highest BCUT2D eigenvalue weighted by molar-refractivity contribution is 5.98. The van der Waals surface area contributed by atoms with Crippen LogP contribution in [-0.4, -0.2) is 49.9 Å². The third kappa shape index (κ3) is 4.37. The topological polar surface area (TPSA) is 83.9 Å². The fourth-order valence-electron chi connectivity index (χ4n) is 4.34. The number of pyridine rings is 2. The van der Waals surface area contributed by atoms with Crippen molar-refractivity contribution in [3.05, 3.63) is 66.4 Å². The lowest BCUT2D eigenvalue weighted by Crippen LogP contribution is -2.40. The summed E-state index contributed by atoms with van der Waals surface area (Å²) < 4.78 is 38.3. The van der Waals surface area contributed by atoms with Crippen LogP contribution in [-0.2, 0) is 6.18 Å². The van der Waals surface area contributed by atoms with Crippen molar-refractivity contribution in [2.45, 2.75) is 31.5 Å². The lowest BCUT2D eigenvalue weighted by molar-refractivity contribution is -0.137. The third-order valence-electron chi connectivity index (χ3n) is 6.26. The maximum Gasteiger partial charge on any atom is 0.417 e. The van der Waals surface area contributed by atoms with E-state index in [4.69, 9.17) is 0 Å². The average Bonchev–Trinajstić information content (AvgIpc) is 3.48. The molecule has 1 saturated heterocycles. The lowest BCUT2D eigenvalue weighted by Gasteiger charge is -2.25. The van der Waals surface area contributed by atoms with E-state index in [2.05, 4.69) is 25.3 Å². The first kappa shape index (κ1) is 21.3. The minimum atomic E-state index is -4.43. The molecule has 0 unspecified atom stereocenters. The molecule has 1 spiro atoms. The number of nitrogens with one attached hydrogen (secondary N) is 1. The van der Waals surface area contributed by atoms with Crippen molar-refractivity contribution in [3.63, 3.8) is 0 Å². The molecule has 4 heterocycles. The second kappa shape index (κ2) is 8.09. The SMILES string of the molecule is O=C(c1ncccc1-c1ncccn1)N1CC2(CC2)C[C@H]1CNc1ccc(C(F)(F)F)cn1. The predicted octanol–water partition coefficient (Wildman–Crippen LogP) is 4.06. The van der Waals surface area contributed by atoms with E-state index in [0.29, 0.717) is 36.0 Å². The van der Waals surface area contributed by atoms with Gasteiger partial charge in [-0.15, -0.1) is 0 Å². The van der Waals surface area contributed by atoms with Gasteiger partial charge in [0, 0.05) is 43.9 Å². The fourth-order valence-corrected chi connectivity index (χ4v) is 4.34. The van der Waals surface area contributed by atoms with E-state index in [0.717, 1.165) is 31.5 Å². The van der Waals surface area contributed by atoms with Gasteiger partial charge >= 0.3 is 6.18 Å². The molecule has 1 N–H and O–H groups in total. The van der Waals surface area contributed by atoms with E-state index in [1.807, 2.05) is 4.90 Å². The van der Waals surface area contributed by atoms with E-state index in [1.54, 1.807) is 36.8 Å². The highest BCUT2D eigenvalue weighted by atomic mass is 19.4. The molecule has 1 aliphatic carbocycles. The molecule has 170 valence electrons. The van der Waals surface area contributed by atoms with Crippen LogP contribution in [0.3, 0.4) is 0 Å². The van der Waals surface area contributed by atoms with Crippen LogP contribution >= 0.6 is 0 Å². The van der Waals surface area contributed by atoms with Crippen molar-refractivity contribution < 1.29 is 18.0 Å². The Morgan fingerprint density at radius 3 is 2.48 bits per heavy atom. The Hall–Kier alpha value is -3.56. The van der Waals surface area contributed by atoms with E-state index in [1.165, 1.54) is 6.07 Å². The van der Waals surface area contributed by atoms with Crippen molar-refractivity contribution >= 4 is 11.7 Å². The molecule has 2 fully saturated rings. The lowest BCUT2D eigenvalue weighted by atomic mass is 10.0. The van der Waals surface area contributed by atoms with E-state index >= 15 is 0 Å². The summed E-state index contributed by atoms with van der Waals surface area (Å²) in [5.74, 6) is 0.565. The van der Waals surface area contributed by atoms with Crippen LogP contribution in [0.2, 0.25) is 0 Å². The molecule has 0 bridgehead atoms. The summed E-state index contributed by atoms with van der Waals surface area (Å²) >= 11 is 0. The number of rotatable bonds is 5. The van der Waals surface area contributed by atoms with Gasteiger partial charge in [-0.1, -0.05) is 0 Å². The van der Waals surface area contributed by atoms with Gasteiger partial charge in [0.15, 0.2) is 5.82 Å². The number of halogens is 3. The van der Waals surface area contributed by atoms with Gasteiger partial charge in [0.05, 0.1) is 11.1 Å². The predicted molar refractivity (Wildman–Crippen MR) is 114 cm³/mol. The molecule has 7 nitrogen and oxygen atoms in total. The fraction of sp³-hybridized carbons (Fsp3) is 0.348. The number of carbonyl (C=O) groups excluding carboxylic acids is 1. The summed E-state index contributed by atoms with van der Waals surface area (Å²) in [4.78, 5) is 32.1. The third-order valence-corrected chi connectivity index (χ3v) is 6.26. The summed E-state index contributed by atoms with van der Waals surface area (Å²) in [6.45, 7) is 1.01. The quantitative estimate of drug-likeness (QED) is 0.626. The van der Waals surface area contributed by atoms with Crippen LogP contribution in [0.15, 0.2) is 55.1 Å². The van der Waals surface area contributed by atoms with E-state index in [-0.39, 0.29) is 17.4 Å². The van der Waals surface area contributed by atoms with Crippen molar-refractivity contribution in [1.82, 2.24) is 24.8 Å². The second-order valence-corrected chi connectivity index (χ2v) is 8.57.